The summed E-state index contributed by atoms with van der Waals surface area (Å²) in [6.45, 7) is 5.22. The van der Waals surface area contributed by atoms with Gasteiger partial charge in [-0.2, -0.15) is 4.31 Å². The summed E-state index contributed by atoms with van der Waals surface area (Å²) in [5.74, 6) is 0.607. The largest absolute Gasteiger partial charge is 0.366 e. The van der Waals surface area contributed by atoms with Crippen LogP contribution in [0.2, 0.25) is 0 Å². The molecule has 0 aromatic heterocycles. The Hall–Kier alpha value is -0.660. The number of nitrogens with zero attached hydrogens (tertiary/aromatic N) is 1. The maximum Gasteiger partial charge on any atom is 0.250 e. The summed E-state index contributed by atoms with van der Waals surface area (Å²) in [6.07, 6.45) is 3.60. The molecule has 1 unspecified atom stereocenters. The fraction of sp³-hybridized carbons (Fsp3) is 0.938. The van der Waals surface area contributed by atoms with Crippen LogP contribution in [0.1, 0.15) is 39.5 Å². The number of likely N-dealkylation sites (N-methyl/N-ethyl adjacent to an activating group) is 1. The van der Waals surface area contributed by atoms with Crippen molar-refractivity contribution >= 4 is 15.9 Å². The summed E-state index contributed by atoms with van der Waals surface area (Å²) < 4.78 is 32.9. The molecule has 1 N–H and O–H groups in total. The molecule has 132 valence electrons. The maximum atomic E-state index is 13.0. The van der Waals surface area contributed by atoms with E-state index < -0.39 is 16.1 Å². The summed E-state index contributed by atoms with van der Waals surface area (Å²) in [4.78, 5) is 11.8. The highest BCUT2D eigenvalue weighted by Gasteiger charge is 2.60. The summed E-state index contributed by atoms with van der Waals surface area (Å²) in [5.41, 5.74) is -0.0101. The van der Waals surface area contributed by atoms with E-state index in [1.54, 1.807) is 0 Å². The van der Waals surface area contributed by atoms with E-state index >= 15 is 0 Å². The van der Waals surface area contributed by atoms with E-state index in [0.29, 0.717) is 12.5 Å². The molecule has 23 heavy (non-hydrogen) atoms. The number of hydrogen-bond acceptors (Lipinski definition) is 4. The number of amides is 1. The van der Waals surface area contributed by atoms with E-state index in [2.05, 4.69) is 19.2 Å². The first-order valence-corrected chi connectivity index (χ1v) is 10.1. The monoisotopic (exact) mass is 344 g/mol. The smallest absolute Gasteiger partial charge is 0.250 e. The molecule has 2 bridgehead atoms. The molecule has 2 saturated carbocycles. The normalized spacial score (nSPS) is 37.0. The van der Waals surface area contributed by atoms with Crippen molar-refractivity contribution in [2.45, 2.75) is 45.6 Å². The zero-order valence-corrected chi connectivity index (χ0v) is 15.1. The Bertz CT molecular complexity index is 579. The zero-order chi connectivity index (χ0) is 16.9. The van der Waals surface area contributed by atoms with Gasteiger partial charge in [-0.3, -0.25) is 4.79 Å². The molecule has 0 radical (unpaired) electrons. The lowest BCUT2D eigenvalue weighted by molar-refractivity contribution is -0.135. The van der Waals surface area contributed by atoms with Gasteiger partial charge in [-0.05, 0) is 42.4 Å². The summed E-state index contributed by atoms with van der Waals surface area (Å²) >= 11 is 0. The highest BCUT2D eigenvalue weighted by atomic mass is 32.2. The van der Waals surface area contributed by atoms with E-state index in [4.69, 9.17) is 4.74 Å². The molecule has 3 rings (SSSR count). The Morgan fingerprint density at radius 3 is 2.48 bits per heavy atom. The molecule has 0 spiro atoms. The van der Waals surface area contributed by atoms with Crippen molar-refractivity contribution in [3.8, 4) is 0 Å². The average molecular weight is 344 g/mol. The number of carbonyl (C=O) groups is 1. The highest BCUT2D eigenvalue weighted by Crippen LogP contribution is 2.66. The maximum absolute atomic E-state index is 13.0. The fourth-order valence-electron chi connectivity index (χ4n) is 4.94. The number of hydrogen-bond donors (Lipinski definition) is 1. The van der Waals surface area contributed by atoms with Crippen molar-refractivity contribution in [2.24, 2.45) is 16.7 Å². The minimum absolute atomic E-state index is 0.0898. The predicted octanol–water partition coefficient (Wildman–Crippen LogP) is 0.979. The minimum Gasteiger partial charge on any atom is -0.366 e. The highest BCUT2D eigenvalue weighted by molar-refractivity contribution is 7.89. The molecular formula is C16H28N2O4S. The molecule has 3 aliphatic rings. The topological polar surface area (TPSA) is 75.7 Å². The zero-order valence-electron chi connectivity index (χ0n) is 14.3. The number of ether oxygens (including phenoxy) is 1. The number of rotatable bonds is 4. The number of fused-ring (bicyclic) bond motifs is 2. The van der Waals surface area contributed by atoms with Gasteiger partial charge in [0, 0.05) is 20.1 Å². The quantitative estimate of drug-likeness (QED) is 0.825. The van der Waals surface area contributed by atoms with Crippen LogP contribution in [0.25, 0.3) is 0 Å². The van der Waals surface area contributed by atoms with Crippen molar-refractivity contribution in [1.82, 2.24) is 9.62 Å². The number of carbonyl (C=O) groups excluding carboxylic acids is 1. The van der Waals surface area contributed by atoms with Crippen LogP contribution in [0, 0.1) is 16.7 Å². The van der Waals surface area contributed by atoms with E-state index in [1.165, 1.54) is 11.4 Å². The second kappa shape index (κ2) is 5.70. The van der Waals surface area contributed by atoms with Gasteiger partial charge in [0.15, 0.2) is 0 Å². The third kappa shape index (κ3) is 2.70. The van der Waals surface area contributed by atoms with Crippen LogP contribution in [0.5, 0.6) is 0 Å². The van der Waals surface area contributed by atoms with Crippen LogP contribution in [0.4, 0.5) is 0 Å². The van der Waals surface area contributed by atoms with Gasteiger partial charge in [0.2, 0.25) is 15.9 Å². The fourth-order valence-corrected chi connectivity index (χ4v) is 7.19. The van der Waals surface area contributed by atoms with E-state index in [-0.39, 0.29) is 35.6 Å². The molecular weight excluding hydrogens is 316 g/mol. The van der Waals surface area contributed by atoms with Crippen LogP contribution in [0.15, 0.2) is 0 Å². The molecule has 0 aromatic carbocycles. The SMILES string of the molecule is CNC(=O)C1CN(S(=O)(=O)CC23CCC(CC2)C3(C)C)CCO1. The predicted molar refractivity (Wildman–Crippen MR) is 87.3 cm³/mol. The van der Waals surface area contributed by atoms with Gasteiger partial charge in [0.05, 0.1) is 12.4 Å². The third-order valence-electron chi connectivity index (χ3n) is 6.75. The third-order valence-corrected chi connectivity index (χ3v) is 8.79. The van der Waals surface area contributed by atoms with Gasteiger partial charge >= 0.3 is 0 Å². The molecule has 1 aliphatic heterocycles. The molecule has 1 heterocycles. The molecule has 6 nitrogen and oxygen atoms in total. The second-order valence-electron chi connectivity index (χ2n) is 7.86. The molecule has 0 aromatic rings. The first-order chi connectivity index (χ1) is 10.7. The summed E-state index contributed by atoms with van der Waals surface area (Å²) in [5, 5.41) is 2.53. The lowest BCUT2D eigenvalue weighted by Crippen LogP contribution is -2.53. The molecule has 1 amide bonds. The molecule has 2 aliphatic carbocycles. The van der Waals surface area contributed by atoms with Crippen LogP contribution < -0.4 is 5.32 Å². The van der Waals surface area contributed by atoms with Gasteiger partial charge < -0.3 is 10.1 Å². The van der Waals surface area contributed by atoms with Crippen LogP contribution in [0.3, 0.4) is 0 Å². The van der Waals surface area contributed by atoms with Crippen LogP contribution in [-0.4, -0.2) is 57.2 Å². The Morgan fingerprint density at radius 1 is 1.30 bits per heavy atom. The standard InChI is InChI=1S/C16H28N2O4S/c1-15(2)12-4-6-16(15,7-5-12)11-23(20,21)18-8-9-22-13(10-18)14(19)17-3/h12-13H,4-11H2,1-3H3,(H,17,19). The Morgan fingerprint density at radius 2 is 1.96 bits per heavy atom. The number of sulfonamides is 1. The van der Waals surface area contributed by atoms with E-state index in [1.807, 2.05) is 0 Å². The summed E-state index contributed by atoms with van der Waals surface area (Å²) in [7, 11) is -1.84. The Kier molecular flexibility index (Phi) is 4.26. The van der Waals surface area contributed by atoms with Gasteiger partial charge in [-0.1, -0.05) is 13.8 Å². The van der Waals surface area contributed by atoms with Crippen molar-refractivity contribution in [2.75, 3.05) is 32.5 Å². The first kappa shape index (κ1) is 17.2. The number of nitrogens with one attached hydrogen (secondary N) is 1. The molecule has 7 heteroatoms. The molecule has 1 saturated heterocycles. The van der Waals surface area contributed by atoms with Crippen molar-refractivity contribution in [3.63, 3.8) is 0 Å². The first-order valence-electron chi connectivity index (χ1n) is 8.53. The van der Waals surface area contributed by atoms with Crippen molar-refractivity contribution in [1.29, 1.82) is 0 Å². The van der Waals surface area contributed by atoms with Crippen LogP contribution >= 0.6 is 0 Å². The lowest BCUT2D eigenvalue weighted by Gasteiger charge is -2.40. The van der Waals surface area contributed by atoms with Gasteiger partial charge in [-0.15, -0.1) is 0 Å². The summed E-state index contributed by atoms with van der Waals surface area (Å²) in [6, 6.07) is 0. The van der Waals surface area contributed by atoms with E-state index in [9.17, 15) is 13.2 Å². The number of morpholine rings is 1. The van der Waals surface area contributed by atoms with Crippen molar-refractivity contribution < 1.29 is 17.9 Å². The van der Waals surface area contributed by atoms with E-state index in [0.717, 1.165) is 25.7 Å². The molecule has 3 fully saturated rings. The van der Waals surface area contributed by atoms with Crippen molar-refractivity contribution in [3.05, 3.63) is 0 Å². The Labute approximate surface area is 139 Å². The minimum atomic E-state index is -3.38. The second-order valence-corrected chi connectivity index (χ2v) is 9.83. The van der Waals surface area contributed by atoms with Crippen LogP contribution in [-0.2, 0) is 19.6 Å². The lowest BCUT2D eigenvalue weighted by atomic mass is 9.71. The van der Waals surface area contributed by atoms with Gasteiger partial charge in [0.25, 0.3) is 0 Å². The Balaban J connectivity index is 1.76. The van der Waals surface area contributed by atoms with Gasteiger partial charge in [-0.25, -0.2) is 8.42 Å². The van der Waals surface area contributed by atoms with Gasteiger partial charge in [0.1, 0.15) is 6.10 Å². The molecule has 1 atom stereocenters. The average Bonchev–Trinajstić information content (AvgIpc) is 2.90.